The highest BCUT2D eigenvalue weighted by molar-refractivity contribution is 5.33. The molecule has 0 unspecified atom stereocenters. The third-order valence-electron chi connectivity index (χ3n) is 3.74. The highest BCUT2D eigenvalue weighted by atomic mass is 19.1. The average molecular weight is 321 g/mol. The van der Waals surface area contributed by atoms with Crippen molar-refractivity contribution in [3.05, 3.63) is 42.1 Å². The lowest BCUT2D eigenvalue weighted by molar-refractivity contribution is 0.163. The van der Waals surface area contributed by atoms with Gasteiger partial charge in [-0.2, -0.15) is 4.98 Å². The number of benzene rings is 1. The summed E-state index contributed by atoms with van der Waals surface area (Å²) in [5.74, 6) is -0.0802. The van der Waals surface area contributed by atoms with Crippen LogP contribution in [0.15, 0.2) is 30.5 Å². The van der Waals surface area contributed by atoms with Gasteiger partial charge < -0.3 is 14.4 Å². The number of rotatable bonds is 4. The third kappa shape index (κ3) is 3.67. The summed E-state index contributed by atoms with van der Waals surface area (Å²) in [6, 6.07) is 5.03. The van der Waals surface area contributed by atoms with Gasteiger partial charge in [0, 0.05) is 44.3 Å². The van der Waals surface area contributed by atoms with E-state index in [0.29, 0.717) is 37.8 Å². The molecule has 122 valence electrons. The van der Waals surface area contributed by atoms with Crippen molar-refractivity contribution in [1.29, 1.82) is 0 Å². The van der Waals surface area contributed by atoms with E-state index in [1.54, 1.807) is 19.4 Å². The molecule has 2 heterocycles. The number of methoxy groups -OCH3 is 1. The average Bonchev–Trinajstić information content (AvgIpc) is 2.58. The first-order valence-electron chi connectivity index (χ1n) is 7.39. The van der Waals surface area contributed by atoms with Crippen molar-refractivity contribution in [3.8, 4) is 11.6 Å². The van der Waals surface area contributed by atoms with Crippen LogP contribution in [0.1, 0.15) is 12.8 Å². The quantitative estimate of drug-likeness (QED) is 0.866. The Kier molecular flexibility index (Phi) is 4.55. The van der Waals surface area contributed by atoms with Crippen LogP contribution in [-0.2, 0) is 0 Å². The van der Waals surface area contributed by atoms with Gasteiger partial charge in [0.25, 0.3) is 0 Å². The lowest BCUT2D eigenvalue weighted by atomic mass is 10.1. The zero-order valence-electron chi connectivity index (χ0n) is 12.7. The Morgan fingerprint density at radius 2 is 1.96 bits per heavy atom. The molecule has 1 aliphatic rings. The lowest BCUT2D eigenvalue weighted by Crippen LogP contribution is -2.39. The molecule has 3 rings (SSSR count). The highest BCUT2D eigenvalue weighted by Gasteiger charge is 2.23. The molecule has 5 nitrogen and oxygen atoms in total. The van der Waals surface area contributed by atoms with Gasteiger partial charge >= 0.3 is 0 Å². The molecular weight excluding hydrogens is 304 g/mol. The molecule has 1 fully saturated rings. The van der Waals surface area contributed by atoms with Crippen molar-refractivity contribution in [2.75, 3.05) is 25.1 Å². The van der Waals surface area contributed by atoms with E-state index in [-0.39, 0.29) is 11.9 Å². The molecule has 0 N–H and O–H groups in total. The number of nitrogens with zero attached hydrogens (tertiary/aromatic N) is 3. The summed E-state index contributed by atoms with van der Waals surface area (Å²) in [5, 5.41) is 0. The molecule has 0 amide bonds. The largest absolute Gasteiger partial charge is 0.487 e. The summed E-state index contributed by atoms with van der Waals surface area (Å²) < 4.78 is 37.3. The predicted molar refractivity (Wildman–Crippen MR) is 80.8 cm³/mol. The summed E-state index contributed by atoms with van der Waals surface area (Å²) in [6.45, 7) is 1.39. The van der Waals surface area contributed by atoms with Gasteiger partial charge in [-0.1, -0.05) is 0 Å². The van der Waals surface area contributed by atoms with Crippen LogP contribution in [-0.4, -0.2) is 36.3 Å². The molecule has 0 aliphatic carbocycles. The van der Waals surface area contributed by atoms with Crippen molar-refractivity contribution in [1.82, 2.24) is 9.97 Å². The fourth-order valence-corrected chi connectivity index (χ4v) is 2.52. The fourth-order valence-electron chi connectivity index (χ4n) is 2.52. The molecular formula is C16H17F2N3O2. The van der Waals surface area contributed by atoms with Crippen LogP contribution >= 0.6 is 0 Å². The van der Waals surface area contributed by atoms with Gasteiger partial charge in [0.15, 0.2) is 11.6 Å². The van der Waals surface area contributed by atoms with Crippen molar-refractivity contribution < 1.29 is 18.3 Å². The van der Waals surface area contributed by atoms with Crippen molar-refractivity contribution >= 4 is 5.95 Å². The third-order valence-corrected chi connectivity index (χ3v) is 3.74. The van der Waals surface area contributed by atoms with Gasteiger partial charge in [0.2, 0.25) is 11.8 Å². The molecule has 0 saturated carbocycles. The van der Waals surface area contributed by atoms with Crippen LogP contribution in [0.5, 0.6) is 11.6 Å². The van der Waals surface area contributed by atoms with Crippen LogP contribution in [0.25, 0.3) is 0 Å². The summed E-state index contributed by atoms with van der Waals surface area (Å²) >= 11 is 0. The molecule has 0 spiro atoms. The Labute approximate surface area is 132 Å². The smallest absolute Gasteiger partial charge is 0.228 e. The number of aromatic nitrogens is 2. The van der Waals surface area contributed by atoms with Crippen LogP contribution < -0.4 is 14.4 Å². The maximum absolute atomic E-state index is 13.6. The van der Waals surface area contributed by atoms with Crippen molar-refractivity contribution in [2.24, 2.45) is 0 Å². The standard InChI is InChI=1S/C16H17F2N3O2/c1-22-15-4-7-19-16(20-15)21-8-5-12(6-9-21)23-14-3-2-11(17)10-13(14)18/h2-4,7,10,12H,5-6,8-9H2,1H3. The second-order valence-electron chi connectivity index (χ2n) is 5.28. The second kappa shape index (κ2) is 6.76. The number of piperidine rings is 1. The Morgan fingerprint density at radius 3 is 2.65 bits per heavy atom. The van der Waals surface area contributed by atoms with Crippen LogP contribution in [0.2, 0.25) is 0 Å². The van der Waals surface area contributed by atoms with Crippen LogP contribution in [0, 0.1) is 11.6 Å². The molecule has 1 aromatic carbocycles. The Balaban J connectivity index is 1.59. The van der Waals surface area contributed by atoms with E-state index in [1.807, 2.05) is 4.90 Å². The normalized spacial score (nSPS) is 15.5. The fraction of sp³-hybridized carbons (Fsp3) is 0.375. The van der Waals surface area contributed by atoms with Gasteiger partial charge in [0.1, 0.15) is 11.9 Å². The second-order valence-corrected chi connectivity index (χ2v) is 5.28. The Hall–Kier alpha value is -2.44. The Bertz CT molecular complexity index is 676. The zero-order valence-corrected chi connectivity index (χ0v) is 12.7. The lowest BCUT2D eigenvalue weighted by Gasteiger charge is -2.32. The van der Waals surface area contributed by atoms with Gasteiger partial charge in [-0.15, -0.1) is 0 Å². The van der Waals surface area contributed by atoms with E-state index in [9.17, 15) is 8.78 Å². The van der Waals surface area contributed by atoms with Gasteiger partial charge in [-0.3, -0.25) is 0 Å². The molecule has 0 radical (unpaired) electrons. The molecule has 7 heteroatoms. The Morgan fingerprint density at radius 1 is 1.17 bits per heavy atom. The first-order valence-corrected chi connectivity index (χ1v) is 7.39. The van der Waals surface area contributed by atoms with E-state index >= 15 is 0 Å². The maximum Gasteiger partial charge on any atom is 0.228 e. The minimum Gasteiger partial charge on any atom is -0.487 e. The van der Waals surface area contributed by atoms with Crippen molar-refractivity contribution in [3.63, 3.8) is 0 Å². The molecule has 2 aromatic rings. The maximum atomic E-state index is 13.6. The molecule has 0 atom stereocenters. The molecule has 1 saturated heterocycles. The molecule has 1 aliphatic heterocycles. The van der Waals surface area contributed by atoms with Gasteiger partial charge in [-0.25, -0.2) is 13.8 Å². The monoisotopic (exact) mass is 321 g/mol. The molecule has 23 heavy (non-hydrogen) atoms. The summed E-state index contributed by atoms with van der Waals surface area (Å²) in [5.41, 5.74) is 0. The first kappa shape index (κ1) is 15.5. The van der Waals surface area contributed by atoms with E-state index in [1.165, 1.54) is 12.1 Å². The number of halogens is 2. The number of hydrogen-bond donors (Lipinski definition) is 0. The van der Waals surface area contributed by atoms with E-state index in [2.05, 4.69) is 9.97 Å². The van der Waals surface area contributed by atoms with Gasteiger partial charge in [-0.05, 0) is 12.1 Å². The number of ether oxygens (including phenoxy) is 2. The van der Waals surface area contributed by atoms with Crippen LogP contribution in [0.3, 0.4) is 0 Å². The highest BCUT2D eigenvalue weighted by Crippen LogP contribution is 2.24. The number of hydrogen-bond acceptors (Lipinski definition) is 5. The summed E-state index contributed by atoms with van der Waals surface area (Å²) in [4.78, 5) is 10.6. The molecule has 1 aromatic heterocycles. The van der Waals surface area contributed by atoms with E-state index in [0.717, 1.165) is 6.07 Å². The first-order chi connectivity index (χ1) is 11.2. The van der Waals surface area contributed by atoms with Gasteiger partial charge in [0.05, 0.1) is 7.11 Å². The minimum absolute atomic E-state index is 0.0856. The number of anilines is 1. The zero-order chi connectivity index (χ0) is 16.2. The minimum atomic E-state index is -0.677. The van der Waals surface area contributed by atoms with Crippen molar-refractivity contribution in [2.45, 2.75) is 18.9 Å². The van der Waals surface area contributed by atoms with E-state index < -0.39 is 11.6 Å². The molecule has 0 bridgehead atoms. The topological polar surface area (TPSA) is 47.5 Å². The SMILES string of the molecule is COc1ccnc(N2CCC(Oc3ccc(F)cc3F)CC2)n1. The van der Waals surface area contributed by atoms with Crippen LogP contribution in [0.4, 0.5) is 14.7 Å². The predicted octanol–water partition coefficient (Wildman–Crippen LogP) is 2.81. The summed E-state index contributed by atoms with van der Waals surface area (Å²) in [6.07, 6.45) is 2.95. The summed E-state index contributed by atoms with van der Waals surface area (Å²) in [7, 11) is 1.56. The van der Waals surface area contributed by atoms with E-state index in [4.69, 9.17) is 9.47 Å².